The van der Waals surface area contributed by atoms with Crippen molar-refractivity contribution in [2.24, 2.45) is 0 Å². The quantitative estimate of drug-likeness (QED) is 0.518. The van der Waals surface area contributed by atoms with Gasteiger partial charge in [-0.2, -0.15) is 10.5 Å². The molecule has 4 rings (SSSR count). The lowest BCUT2D eigenvalue weighted by molar-refractivity contribution is 0.970. The second-order valence-electron chi connectivity index (χ2n) is 6.22. The molecule has 3 heterocycles. The summed E-state index contributed by atoms with van der Waals surface area (Å²) in [6, 6.07) is 16.1. The van der Waals surface area contributed by atoms with Gasteiger partial charge in [-0.1, -0.05) is 12.1 Å². The fourth-order valence-corrected chi connectivity index (χ4v) is 3.89. The summed E-state index contributed by atoms with van der Waals surface area (Å²) < 4.78 is 2.09. The predicted octanol–water partition coefficient (Wildman–Crippen LogP) is 4.97. The molecule has 130 valence electrons. The highest BCUT2D eigenvalue weighted by molar-refractivity contribution is 7.10. The van der Waals surface area contributed by atoms with Crippen molar-refractivity contribution in [1.29, 1.82) is 10.5 Å². The van der Waals surface area contributed by atoms with E-state index in [-0.39, 0.29) is 0 Å². The van der Waals surface area contributed by atoms with Gasteiger partial charge in [0.2, 0.25) is 0 Å². The van der Waals surface area contributed by atoms with Gasteiger partial charge in [0, 0.05) is 16.8 Å². The van der Waals surface area contributed by atoms with Crippen LogP contribution in [0.25, 0.3) is 28.4 Å². The van der Waals surface area contributed by atoms with Gasteiger partial charge in [-0.3, -0.25) is 0 Å². The molecule has 1 aromatic carbocycles. The third kappa shape index (κ3) is 2.93. The zero-order valence-electron chi connectivity index (χ0n) is 14.8. The zero-order chi connectivity index (χ0) is 19.0. The van der Waals surface area contributed by atoms with Gasteiger partial charge in [0.15, 0.2) is 0 Å². The molecule has 0 aliphatic heterocycles. The van der Waals surface area contributed by atoms with Crippen LogP contribution in [0.2, 0.25) is 0 Å². The van der Waals surface area contributed by atoms with Crippen molar-refractivity contribution in [2.45, 2.75) is 13.8 Å². The fraction of sp³-hybridized carbons (Fsp3) is 0.0952. The van der Waals surface area contributed by atoms with Gasteiger partial charge in [-0.25, -0.2) is 4.98 Å². The van der Waals surface area contributed by atoms with E-state index in [1.807, 2.05) is 61.7 Å². The van der Waals surface area contributed by atoms with Crippen LogP contribution in [-0.2, 0) is 0 Å². The molecule has 6 heteroatoms. The van der Waals surface area contributed by atoms with Crippen LogP contribution in [0, 0.1) is 36.5 Å². The lowest BCUT2D eigenvalue weighted by atomic mass is 10.1. The summed E-state index contributed by atoms with van der Waals surface area (Å²) in [5.41, 5.74) is 6.20. The Balaban J connectivity index is 1.79. The largest absolute Gasteiger partial charge is 0.337 e. The Kier molecular flexibility index (Phi) is 4.12. The molecule has 0 radical (unpaired) electrons. The van der Waals surface area contributed by atoms with Crippen molar-refractivity contribution in [1.82, 2.24) is 14.5 Å². The molecule has 0 fully saturated rings. The van der Waals surface area contributed by atoms with Crippen LogP contribution >= 0.6 is 11.3 Å². The maximum Gasteiger partial charge on any atom is 0.149 e. The van der Waals surface area contributed by atoms with Crippen molar-refractivity contribution in [2.75, 3.05) is 0 Å². The zero-order valence-corrected chi connectivity index (χ0v) is 15.6. The highest BCUT2D eigenvalue weighted by atomic mass is 32.1. The highest BCUT2D eigenvalue weighted by Gasteiger charge is 2.14. The Labute approximate surface area is 160 Å². The lowest BCUT2D eigenvalue weighted by Gasteiger charge is -2.06. The summed E-state index contributed by atoms with van der Waals surface area (Å²) in [5, 5.41) is 20.7. The second-order valence-corrected chi connectivity index (χ2v) is 7.13. The highest BCUT2D eigenvalue weighted by Crippen LogP contribution is 2.27. The molecule has 5 nitrogen and oxygen atoms in total. The SMILES string of the molecule is Cc1cc(/C=C(\C#N)c2nc3ccccc3[nH]2)c(C)n1-c1csc(C#N)c1. The topological polar surface area (TPSA) is 81.2 Å². The summed E-state index contributed by atoms with van der Waals surface area (Å²) in [6.07, 6.45) is 1.86. The van der Waals surface area contributed by atoms with Crippen LogP contribution < -0.4 is 0 Å². The Bertz CT molecular complexity index is 1240. The van der Waals surface area contributed by atoms with Gasteiger partial charge in [-0.05, 0) is 49.8 Å². The molecule has 0 amide bonds. The Hall–Kier alpha value is -3.61. The maximum absolute atomic E-state index is 9.67. The standard InChI is InChI=1S/C21H15N5S/c1-13-7-15(14(2)26(13)17-9-18(11-23)27-12-17)8-16(10-22)21-24-19-5-3-4-6-20(19)25-21/h3-9,12H,1-2H3,(H,24,25)/b16-8+. The number of aromatic amines is 1. The van der Waals surface area contributed by atoms with Crippen molar-refractivity contribution < 1.29 is 0 Å². The van der Waals surface area contributed by atoms with E-state index in [1.165, 1.54) is 11.3 Å². The minimum atomic E-state index is 0.481. The van der Waals surface area contributed by atoms with Crippen LogP contribution in [0.5, 0.6) is 0 Å². The Morgan fingerprint density at radius 2 is 2.04 bits per heavy atom. The predicted molar refractivity (Wildman–Crippen MR) is 107 cm³/mol. The first-order valence-corrected chi connectivity index (χ1v) is 9.23. The molecular weight excluding hydrogens is 354 g/mol. The minimum Gasteiger partial charge on any atom is -0.337 e. The van der Waals surface area contributed by atoms with E-state index >= 15 is 0 Å². The van der Waals surface area contributed by atoms with E-state index in [1.54, 1.807) is 0 Å². The van der Waals surface area contributed by atoms with E-state index in [2.05, 4.69) is 26.7 Å². The first kappa shape index (κ1) is 16.8. The third-order valence-corrected chi connectivity index (χ3v) is 5.31. The van der Waals surface area contributed by atoms with Crippen molar-refractivity contribution >= 4 is 34.0 Å². The van der Waals surface area contributed by atoms with Gasteiger partial charge in [-0.15, -0.1) is 11.3 Å². The van der Waals surface area contributed by atoms with E-state index in [4.69, 9.17) is 5.26 Å². The Morgan fingerprint density at radius 3 is 2.74 bits per heavy atom. The monoisotopic (exact) mass is 369 g/mol. The second kappa shape index (κ2) is 6.60. The van der Waals surface area contributed by atoms with Crippen LogP contribution in [0.3, 0.4) is 0 Å². The molecule has 4 aromatic rings. The van der Waals surface area contributed by atoms with E-state index in [0.29, 0.717) is 16.3 Å². The van der Waals surface area contributed by atoms with Gasteiger partial charge in [0.25, 0.3) is 0 Å². The number of benzene rings is 1. The average molecular weight is 369 g/mol. The average Bonchev–Trinajstić information content (AvgIpc) is 3.37. The molecule has 0 aliphatic rings. The number of thiophene rings is 1. The summed E-state index contributed by atoms with van der Waals surface area (Å²) in [5.74, 6) is 0.561. The van der Waals surface area contributed by atoms with Crippen LogP contribution in [0.4, 0.5) is 0 Å². The summed E-state index contributed by atoms with van der Waals surface area (Å²) in [6.45, 7) is 4.03. The van der Waals surface area contributed by atoms with Crippen molar-refractivity contribution in [3.8, 4) is 17.8 Å². The van der Waals surface area contributed by atoms with Crippen LogP contribution in [0.15, 0.2) is 41.8 Å². The third-order valence-electron chi connectivity index (χ3n) is 4.49. The smallest absolute Gasteiger partial charge is 0.149 e. The van der Waals surface area contributed by atoms with Crippen LogP contribution in [0.1, 0.15) is 27.7 Å². The van der Waals surface area contributed by atoms with Gasteiger partial charge in [0.05, 0.1) is 22.3 Å². The Morgan fingerprint density at radius 1 is 1.22 bits per heavy atom. The van der Waals surface area contributed by atoms with Crippen molar-refractivity contribution in [3.63, 3.8) is 0 Å². The molecule has 0 unspecified atom stereocenters. The van der Waals surface area contributed by atoms with E-state index < -0.39 is 0 Å². The number of nitrogens with one attached hydrogen (secondary N) is 1. The first-order chi connectivity index (χ1) is 13.1. The lowest BCUT2D eigenvalue weighted by Crippen LogP contribution is -1.97. The fourth-order valence-electron chi connectivity index (χ4n) is 3.22. The van der Waals surface area contributed by atoms with Gasteiger partial charge < -0.3 is 9.55 Å². The molecule has 3 aromatic heterocycles. The van der Waals surface area contributed by atoms with Gasteiger partial charge >= 0.3 is 0 Å². The summed E-state index contributed by atoms with van der Waals surface area (Å²) in [7, 11) is 0. The number of nitriles is 2. The number of hydrogen-bond donors (Lipinski definition) is 1. The molecule has 0 atom stereocenters. The number of hydrogen-bond acceptors (Lipinski definition) is 4. The maximum atomic E-state index is 9.67. The molecular formula is C21H15N5S. The number of H-pyrrole nitrogens is 1. The number of aryl methyl sites for hydroxylation is 1. The van der Waals surface area contributed by atoms with Crippen LogP contribution in [-0.4, -0.2) is 14.5 Å². The van der Waals surface area contributed by atoms with E-state index in [9.17, 15) is 5.26 Å². The molecule has 27 heavy (non-hydrogen) atoms. The molecule has 0 saturated heterocycles. The molecule has 0 aliphatic carbocycles. The normalized spacial score (nSPS) is 11.5. The molecule has 1 N–H and O–H groups in total. The molecule has 0 saturated carbocycles. The number of imidazole rings is 1. The number of para-hydroxylation sites is 2. The number of rotatable bonds is 3. The number of aromatic nitrogens is 3. The van der Waals surface area contributed by atoms with Gasteiger partial charge in [0.1, 0.15) is 22.8 Å². The van der Waals surface area contributed by atoms with Crippen molar-refractivity contribution in [3.05, 3.63) is 69.4 Å². The number of allylic oxidation sites excluding steroid dienone is 1. The van der Waals surface area contributed by atoms with E-state index in [0.717, 1.165) is 33.7 Å². The summed E-state index contributed by atoms with van der Waals surface area (Å²) in [4.78, 5) is 8.41. The first-order valence-electron chi connectivity index (χ1n) is 8.35. The molecule has 0 bridgehead atoms. The minimum absolute atomic E-state index is 0.481. The number of fused-ring (bicyclic) bond motifs is 1. The number of nitrogens with zero attached hydrogens (tertiary/aromatic N) is 4. The summed E-state index contributed by atoms with van der Waals surface area (Å²) >= 11 is 1.42. The molecule has 0 spiro atoms.